The number of methoxy groups -OCH3 is 2. The summed E-state index contributed by atoms with van der Waals surface area (Å²) in [7, 11) is 3.09. The fraction of sp³-hybridized carbons (Fsp3) is 0.200. The number of nitrogens with zero attached hydrogens (tertiary/aromatic N) is 1. The number of furan rings is 1. The van der Waals surface area contributed by atoms with E-state index >= 15 is 0 Å². The van der Waals surface area contributed by atoms with Gasteiger partial charge in [-0.1, -0.05) is 12.1 Å². The van der Waals surface area contributed by atoms with Crippen LogP contribution in [0.4, 0.5) is 0 Å². The van der Waals surface area contributed by atoms with E-state index in [0.717, 1.165) is 0 Å². The zero-order valence-corrected chi connectivity index (χ0v) is 18.0. The van der Waals surface area contributed by atoms with E-state index in [9.17, 15) is 14.7 Å². The Labute approximate surface area is 185 Å². The molecule has 3 aromatic rings. The minimum Gasteiger partial charge on any atom is -0.507 e. The fourth-order valence-electron chi connectivity index (χ4n) is 3.95. The Morgan fingerprint density at radius 2 is 1.78 bits per heavy atom. The molecule has 0 radical (unpaired) electrons. The van der Waals surface area contributed by atoms with Gasteiger partial charge in [0.2, 0.25) is 0 Å². The van der Waals surface area contributed by atoms with Gasteiger partial charge in [0.05, 0.1) is 38.6 Å². The van der Waals surface area contributed by atoms with Crippen molar-refractivity contribution in [2.45, 2.75) is 19.5 Å². The van der Waals surface area contributed by atoms with Gasteiger partial charge in [-0.25, -0.2) is 0 Å². The Bertz CT molecular complexity index is 1190. The largest absolute Gasteiger partial charge is 0.507 e. The van der Waals surface area contributed by atoms with Crippen LogP contribution in [0.15, 0.2) is 70.9 Å². The molecule has 7 heteroatoms. The number of benzene rings is 2. The van der Waals surface area contributed by atoms with Crippen molar-refractivity contribution in [2.75, 3.05) is 14.2 Å². The van der Waals surface area contributed by atoms with Crippen LogP contribution in [0.2, 0.25) is 0 Å². The number of aliphatic hydroxyl groups excluding tert-OH is 1. The molecular formula is C25H23NO6. The first-order valence-corrected chi connectivity index (χ1v) is 10.0. The van der Waals surface area contributed by atoms with Crippen LogP contribution in [0.1, 0.15) is 28.5 Å². The van der Waals surface area contributed by atoms with Gasteiger partial charge in [0.25, 0.3) is 11.7 Å². The minimum absolute atomic E-state index is 0.0167. The molecule has 7 nitrogen and oxygen atoms in total. The highest BCUT2D eigenvalue weighted by Gasteiger charge is 2.46. The summed E-state index contributed by atoms with van der Waals surface area (Å²) in [5.74, 6) is 0.0334. The van der Waals surface area contributed by atoms with Crippen molar-refractivity contribution < 1.29 is 28.6 Å². The van der Waals surface area contributed by atoms with Gasteiger partial charge in [-0.05, 0) is 60.5 Å². The second-order valence-electron chi connectivity index (χ2n) is 7.46. The highest BCUT2D eigenvalue weighted by Crippen LogP contribution is 2.41. The summed E-state index contributed by atoms with van der Waals surface area (Å²) < 4.78 is 16.0. The molecule has 1 amide bonds. The van der Waals surface area contributed by atoms with E-state index in [2.05, 4.69) is 0 Å². The van der Waals surface area contributed by atoms with Gasteiger partial charge in [0.15, 0.2) is 0 Å². The van der Waals surface area contributed by atoms with E-state index in [1.54, 1.807) is 75.7 Å². The van der Waals surface area contributed by atoms with Crippen LogP contribution < -0.4 is 9.47 Å². The molecule has 1 unspecified atom stereocenters. The second kappa shape index (κ2) is 8.63. The van der Waals surface area contributed by atoms with Crippen molar-refractivity contribution in [1.29, 1.82) is 0 Å². The molecule has 2 heterocycles. The molecule has 1 fully saturated rings. The van der Waals surface area contributed by atoms with E-state index in [-0.39, 0.29) is 17.9 Å². The number of hydrogen-bond acceptors (Lipinski definition) is 6. The van der Waals surface area contributed by atoms with E-state index in [1.165, 1.54) is 11.2 Å². The van der Waals surface area contributed by atoms with Crippen molar-refractivity contribution >= 4 is 17.4 Å². The van der Waals surface area contributed by atoms with Crippen molar-refractivity contribution in [3.8, 4) is 11.5 Å². The number of rotatable bonds is 6. The van der Waals surface area contributed by atoms with Crippen molar-refractivity contribution in [2.24, 2.45) is 0 Å². The number of hydrogen-bond donors (Lipinski definition) is 1. The number of aliphatic hydroxyl groups is 1. The van der Waals surface area contributed by atoms with Crippen LogP contribution in [-0.2, 0) is 16.1 Å². The predicted molar refractivity (Wildman–Crippen MR) is 117 cm³/mol. The lowest BCUT2D eigenvalue weighted by Gasteiger charge is -2.25. The third-order valence-electron chi connectivity index (χ3n) is 5.54. The zero-order chi connectivity index (χ0) is 22.8. The summed E-state index contributed by atoms with van der Waals surface area (Å²) in [6.45, 7) is 1.88. The Hall–Kier alpha value is -4.00. The summed E-state index contributed by atoms with van der Waals surface area (Å²) in [5, 5.41) is 11.2. The first kappa shape index (κ1) is 21.2. The smallest absolute Gasteiger partial charge is 0.296 e. The quantitative estimate of drug-likeness (QED) is 0.356. The Morgan fingerprint density at radius 1 is 1.03 bits per heavy atom. The lowest BCUT2D eigenvalue weighted by molar-refractivity contribution is -0.140. The number of ketones is 1. The maximum absolute atomic E-state index is 13.1. The molecule has 1 saturated heterocycles. The van der Waals surface area contributed by atoms with Crippen LogP contribution >= 0.6 is 0 Å². The summed E-state index contributed by atoms with van der Waals surface area (Å²) in [6.07, 6.45) is 1.51. The van der Waals surface area contributed by atoms with Crippen LogP contribution in [0.3, 0.4) is 0 Å². The number of Topliss-reactive ketones (excluding diaryl/α,β-unsaturated/α-hetero) is 1. The summed E-state index contributed by atoms with van der Waals surface area (Å²) >= 11 is 0. The lowest BCUT2D eigenvalue weighted by atomic mass is 9.93. The zero-order valence-electron chi connectivity index (χ0n) is 18.0. The normalized spacial score (nSPS) is 17.6. The standard InChI is InChI=1S/C25H23NO6/c1-15-12-18(31-3)9-10-20(15)23(27)21-22(16-6-4-7-17(13-16)30-2)26(25(29)24(21)28)14-19-8-5-11-32-19/h4-13,22,27H,14H2,1-3H3/b23-21-. The number of ether oxygens (including phenoxy) is 2. The first-order valence-electron chi connectivity index (χ1n) is 10.0. The molecule has 1 N–H and O–H groups in total. The number of likely N-dealkylation sites (tertiary alicyclic amines) is 1. The number of amides is 1. The third kappa shape index (κ3) is 3.73. The maximum Gasteiger partial charge on any atom is 0.296 e. The summed E-state index contributed by atoms with van der Waals surface area (Å²) in [6, 6.07) is 14.9. The van der Waals surface area contributed by atoms with E-state index < -0.39 is 17.7 Å². The molecule has 1 atom stereocenters. The Kier molecular flexibility index (Phi) is 5.73. The number of aryl methyl sites for hydroxylation is 1. The van der Waals surface area contributed by atoms with E-state index in [4.69, 9.17) is 13.9 Å². The van der Waals surface area contributed by atoms with Crippen molar-refractivity contribution in [3.05, 3.63) is 88.9 Å². The molecule has 32 heavy (non-hydrogen) atoms. The predicted octanol–water partition coefficient (Wildman–Crippen LogP) is 4.23. The molecular weight excluding hydrogens is 410 g/mol. The summed E-state index contributed by atoms with van der Waals surface area (Å²) in [4.78, 5) is 27.6. The van der Waals surface area contributed by atoms with Crippen LogP contribution in [0.25, 0.3) is 5.76 Å². The molecule has 4 rings (SSSR count). The SMILES string of the molecule is COc1cccc(C2/C(=C(/O)c3ccc(OC)cc3C)C(=O)C(=O)N2Cc2ccco2)c1. The molecule has 0 aliphatic carbocycles. The van der Waals surface area contributed by atoms with Gasteiger partial charge in [-0.2, -0.15) is 0 Å². The van der Waals surface area contributed by atoms with Crippen LogP contribution in [0.5, 0.6) is 11.5 Å². The van der Waals surface area contributed by atoms with Crippen LogP contribution in [-0.4, -0.2) is 35.9 Å². The van der Waals surface area contributed by atoms with Gasteiger partial charge in [0, 0.05) is 5.56 Å². The van der Waals surface area contributed by atoms with Gasteiger partial charge in [-0.15, -0.1) is 0 Å². The topological polar surface area (TPSA) is 89.2 Å². The third-order valence-corrected chi connectivity index (χ3v) is 5.54. The van der Waals surface area contributed by atoms with Gasteiger partial charge in [-0.3, -0.25) is 9.59 Å². The highest BCUT2D eigenvalue weighted by molar-refractivity contribution is 6.46. The molecule has 0 saturated carbocycles. The molecule has 1 aliphatic heterocycles. The highest BCUT2D eigenvalue weighted by atomic mass is 16.5. The van der Waals surface area contributed by atoms with E-state index in [0.29, 0.717) is 33.9 Å². The van der Waals surface area contributed by atoms with Crippen LogP contribution in [0, 0.1) is 6.92 Å². The average Bonchev–Trinajstić information content (AvgIpc) is 3.41. The molecule has 1 aliphatic rings. The second-order valence-corrected chi connectivity index (χ2v) is 7.46. The maximum atomic E-state index is 13.1. The minimum atomic E-state index is -0.809. The average molecular weight is 433 g/mol. The fourth-order valence-corrected chi connectivity index (χ4v) is 3.95. The lowest BCUT2D eigenvalue weighted by Crippen LogP contribution is -2.29. The molecule has 2 aromatic carbocycles. The Balaban J connectivity index is 1.89. The Morgan fingerprint density at radius 3 is 2.44 bits per heavy atom. The molecule has 0 bridgehead atoms. The molecule has 164 valence electrons. The first-order chi connectivity index (χ1) is 15.4. The number of carbonyl (C=O) groups is 2. The van der Waals surface area contributed by atoms with Gasteiger partial charge >= 0.3 is 0 Å². The van der Waals surface area contributed by atoms with Crippen molar-refractivity contribution in [3.63, 3.8) is 0 Å². The van der Waals surface area contributed by atoms with Gasteiger partial charge in [0.1, 0.15) is 23.0 Å². The van der Waals surface area contributed by atoms with Crippen molar-refractivity contribution in [1.82, 2.24) is 4.90 Å². The van der Waals surface area contributed by atoms with E-state index in [1.807, 2.05) is 0 Å². The summed E-state index contributed by atoms with van der Waals surface area (Å²) in [5.41, 5.74) is 1.82. The monoisotopic (exact) mass is 433 g/mol. The number of carbonyl (C=O) groups excluding carboxylic acids is 2. The molecule has 0 spiro atoms. The molecule has 1 aromatic heterocycles. The van der Waals surface area contributed by atoms with Gasteiger partial charge < -0.3 is 23.9 Å².